The topological polar surface area (TPSA) is 80.9 Å². The van der Waals surface area contributed by atoms with Crippen molar-refractivity contribution in [1.29, 1.82) is 0 Å². The first-order chi connectivity index (χ1) is 7.49. The van der Waals surface area contributed by atoms with Crippen LogP contribution in [0.3, 0.4) is 0 Å². The molecular weight excluding hydrogens is 228 g/mol. The molecule has 2 rings (SSSR count). The van der Waals surface area contributed by atoms with Crippen molar-refractivity contribution in [2.24, 2.45) is 11.3 Å². The molecule has 1 N–H and O–H groups in total. The van der Waals surface area contributed by atoms with Crippen LogP contribution >= 0.6 is 11.8 Å². The maximum atomic E-state index is 10.4. The van der Waals surface area contributed by atoms with E-state index in [0.29, 0.717) is 16.5 Å². The molecule has 1 aromatic rings. The smallest absolute Gasteiger partial charge is 0.313 e. The van der Waals surface area contributed by atoms with Gasteiger partial charge in [-0.3, -0.25) is 4.79 Å². The summed E-state index contributed by atoms with van der Waals surface area (Å²) in [6, 6.07) is 0. The van der Waals surface area contributed by atoms with Crippen molar-refractivity contribution in [2.45, 2.75) is 32.0 Å². The lowest BCUT2D eigenvalue weighted by molar-refractivity contribution is -0.133. The van der Waals surface area contributed by atoms with Gasteiger partial charge in [-0.15, -0.1) is 5.10 Å². The first-order valence-corrected chi connectivity index (χ1v) is 6.08. The molecular formula is C9H14N4O2S. The van der Waals surface area contributed by atoms with Crippen LogP contribution in [0.5, 0.6) is 0 Å². The molecule has 1 heterocycles. The maximum absolute atomic E-state index is 10.4. The number of carboxylic acid groups (broad SMARTS) is 1. The van der Waals surface area contributed by atoms with E-state index in [9.17, 15) is 4.79 Å². The molecule has 1 saturated carbocycles. The van der Waals surface area contributed by atoms with Gasteiger partial charge in [-0.1, -0.05) is 25.6 Å². The average Bonchev–Trinajstić information content (AvgIpc) is 2.60. The number of nitrogens with zero attached hydrogens (tertiary/aromatic N) is 4. The van der Waals surface area contributed by atoms with Gasteiger partial charge >= 0.3 is 5.97 Å². The van der Waals surface area contributed by atoms with Crippen LogP contribution in [0.4, 0.5) is 0 Å². The molecule has 0 aliphatic heterocycles. The van der Waals surface area contributed by atoms with Crippen LogP contribution in [0.15, 0.2) is 5.16 Å². The van der Waals surface area contributed by atoms with Crippen LogP contribution in [-0.2, 0) is 11.3 Å². The summed E-state index contributed by atoms with van der Waals surface area (Å²) in [5, 5.41) is 20.4. The third-order valence-electron chi connectivity index (χ3n) is 2.93. The first kappa shape index (κ1) is 11.4. The minimum atomic E-state index is -0.855. The molecule has 16 heavy (non-hydrogen) atoms. The highest BCUT2D eigenvalue weighted by molar-refractivity contribution is 7.99. The quantitative estimate of drug-likeness (QED) is 0.772. The third kappa shape index (κ3) is 2.52. The summed E-state index contributed by atoms with van der Waals surface area (Å²) in [6.45, 7) is 5.21. The van der Waals surface area contributed by atoms with E-state index < -0.39 is 5.97 Å². The van der Waals surface area contributed by atoms with Gasteiger partial charge in [-0.05, 0) is 28.2 Å². The van der Waals surface area contributed by atoms with Crippen molar-refractivity contribution in [2.75, 3.05) is 5.75 Å². The second kappa shape index (κ2) is 4.04. The summed E-state index contributed by atoms with van der Waals surface area (Å²) < 4.78 is 1.70. The zero-order valence-electron chi connectivity index (χ0n) is 9.25. The second-order valence-electron chi connectivity index (χ2n) is 4.72. The molecule has 6 nitrogen and oxygen atoms in total. The highest BCUT2D eigenvalue weighted by Gasteiger charge is 2.45. The van der Waals surface area contributed by atoms with Gasteiger partial charge in [0.05, 0.1) is 5.75 Å². The minimum Gasteiger partial charge on any atom is -0.481 e. The zero-order chi connectivity index (χ0) is 11.8. The Morgan fingerprint density at radius 3 is 2.94 bits per heavy atom. The molecule has 1 aliphatic rings. The van der Waals surface area contributed by atoms with Crippen molar-refractivity contribution >= 4 is 17.7 Å². The van der Waals surface area contributed by atoms with E-state index in [1.54, 1.807) is 4.68 Å². The number of aromatic nitrogens is 4. The van der Waals surface area contributed by atoms with Crippen molar-refractivity contribution < 1.29 is 9.90 Å². The molecule has 7 heteroatoms. The predicted molar refractivity (Wildman–Crippen MR) is 58.1 cm³/mol. The molecule has 0 radical (unpaired) electrons. The Bertz CT molecular complexity index is 404. The van der Waals surface area contributed by atoms with Gasteiger partial charge in [0.15, 0.2) is 0 Å². The van der Waals surface area contributed by atoms with Crippen molar-refractivity contribution in [1.82, 2.24) is 20.2 Å². The van der Waals surface area contributed by atoms with E-state index in [1.165, 1.54) is 6.42 Å². The van der Waals surface area contributed by atoms with Crippen molar-refractivity contribution in [3.63, 3.8) is 0 Å². The van der Waals surface area contributed by atoms with Crippen LogP contribution in [0, 0.1) is 11.3 Å². The molecule has 0 saturated heterocycles. The summed E-state index contributed by atoms with van der Waals surface area (Å²) in [4.78, 5) is 10.4. The van der Waals surface area contributed by atoms with E-state index in [2.05, 4.69) is 29.4 Å². The lowest BCUT2D eigenvalue weighted by Crippen LogP contribution is -2.08. The Labute approximate surface area is 97.4 Å². The highest BCUT2D eigenvalue weighted by atomic mass is 32.2. The van der Waals surface area contributed by atoms with Crippen molar-refractivity contribution in [3.8, 4) is 0 Å². The Kier molecular flexibility index (Phi) is 2.88. The number of tetrazole rings is 1. The van der Waals surface area contributed by atoms with Gasteiger partial charge in [-0.25, -0.2) is 4.68 Å². The number of carbonyl (C=O) groups is 1. The van der Waals surface area contributed by atoms with Crippen molar-refractivity contribution in [3.05, 3.63) is 0 Å². The van der Waals surface area contributed by atoms with E-state index in [4.69, 9.17) is 5.11 Å². The zero-order valence-corrected chi connectivity index (χ0v) is 10.1. The minimum absolute atomic E-state index is 0.00552. The van der Waals surface area contributed by atoms with Gasteiger partial charge in [0, 0.05) is 6.54 Å². The molecule has 0 amide bonds. The second-order valence-corrected chi connectivity index (χ2v) is 5.66. The molecule has 88 valence electrons. The van der Waals surface area contributed by atoms with Crippen LogP contribution in [0.2, 0.25) is 0 Å². The number of thioether (sulfide) groups is 1. The summed E-state index contributed by atoms with van der Waals surface area (Å²) in [6.07, 6.45) is 1.18. The van der Waals surface area contributed by atoms with Crippen LogP contribution in [0.1, 0.15) is 20.3 Å². The normalized spacial score (nSPS) is 22.0. The summed E-state index contributed by atoms with van der Waals surface area (Å²) in [7, 11) is 0. The Morgan fingerprint density at radius 2 is 2.38 bits per heavy atom. The van der Waals surface area contributed by atoms with Gasteiger partial charge < -0.3 is 5.11 Å². The molecule has 0 bridgehead atoms. The van der Waals surface area contributed by atoms with E-state index in [0.717, 1.165) is 18.3 Å². The SMILES string of the molecule is CC1(C)CC1Cn1nnnc1SCC(=O)O. The fraction of sp³-hybridized carbons (Fsp3) is 0.778. The average molecular weight is 242 g/mol. The highest BCUT2D eigenvalue weighted by Crippen LogP contribution is 2.52. The number of hydrogen-bond acceptors (Lipinski definition) is 5. The van der Waals surface area contributed by atoms with Crippen LogP contribution < -0.4 is 0 Å². The summed E-state index contributed by atoms with van der Waals surface area (Å²) in [5.74, 6) is -0.263. The fourth-order valence-corrected chi connectivity index (χ4v) is 2.24. The molecule has 0 aromatic carbocycles. The number of aliphatic carboxylic acids is 1. The lowest BCUT2D eigenvalue weighted by atomic mass is 10.1. The molecule has 1 aliphatic carbocycles. The van der Waals surface area contributed by atoms with Gasteiger partial charge in [0.1, 0.15) is 0 Å². The van der Waals surface area contributed by atoms with Gasteiger partial charge in [-0.2, -0.15) is 0 Å². The largest absolute Gasteiger partial charge is 0.481 e. The number of hydrogen-bond donors (Lipinski definition) is 1. The van der Waals surface area contributed by atoms with Gasteiger partial charge in [0.2, 0.25) is 5.16 Å². The Morgan fingerprint density at radius 1 is 1.69 bits per heavy atom. The van der Waals surface area contributed by atoms with Gasteiger partial charge in [0.25, 0.3) is 0 Å². The number of carboxylic acids is 1. The summed E-state index contributed by atoms with van der Waals surface area (Å²) >= 11 is 1.16. The van der Waals surface area contributed by atoms with E-state index in [-0.39, 0.29) is 5.75 Å². The monoisotopic (exact) mass is 242 g/mol. The van der Waals surface area contributed by atoms with Crippen LogP contribution in [-0.4, -0.2) is 37.0 Å². The van der Waals surface area contributed by atoms with E-state index in [1.807, 2.05) is 0 Å². The standard InChI is InChI=1S/C9H14N4O2S/c1-9(2)3-6(9)4-13-8(10-11-12-13)16-5-7(14)15/h6H,3-5H2,1-2H3,(H,14,15). The lowest BCUT2D eigenvalue weighted by Gasteiger charge is -2.04. The Balaban J connectivity index is 1.94. The first-order valence-electron chi connectivity index (χ1n) is 5.10. The third-order valence-corrected chi connectivity index (χ3v) is 3.88. The number of rotatable bonds is 5. The Hall–Kier alpha value is -1.11. The maximum Gasteiger partial charge on any atom is 0.313 e. The van der Waals surface area contributed by atoms with E-state index >= 15 is 0 Å². The molecule has 1 unspecified atom stereocenters. The molecule has 1 aromatic heterocycles. The molecule has 1 atom stereocenters. The predicted octanol–water partition coefficient (Wildman–Crippen LogP) is 0.896. The molecule has 0 spiro atoms. The molecule has 1 fully saturated rings. The fourth-order valence-electron chi connectivity index (χ4n) is 1.64. The summed E-state index contributed by atoms with van der Waals surface area (Å²) in [5.41, 5.74) is 0.376. The van der Waals surface area contributed by atoms with Crippen LogP contribution in [0.25, 0.3) is 0 Å².